The molecule has 0 fully saturated rings. The van der Waals surface area contributed by atoms with E-state index in [0.717, 1.165) is 35.2 Å². The van der Waals surface area contributed by atoms with Gasteiger partial charge in [-0.15, -0.1) is 0 Å². The zero-order chi connectivity index (χ0) is 58.7. The van der Waals surface area contributed by atoms with Crippen LogP contribution in [-0.2, 0) is 117 Å². The maximum absolute atomic E-state index is 12.7. The number of carbonyl (C=O) groups is 2. The number of para-hydroxylation sites is 4. The van der Waals surface area contributed by atoms with Gasteiger partial charge in [-0.25, -0.2) is 0 Å². The Labute approximate surface area is 572 Å². The summed E-state index contributed by atoms with van der Waals surface area (Å²) in [6.07, 6.45) is 5.07. The first-order valence-electron chi connectivity index (χ1n) is 20.8. The van der Waals surface area contributed by atoms with E-state index in [4.69, 9.17) is 78.2 Å². The Bertz CT molecular complexity index is 2240. The van der Waals surface area contributed by atoms with Crippen molar-refractivity contribution in [2.24, 2.45) is 20.6 Å². The number of carbonyl (C=O) groups excluding carboxylic acids is 2. The zero-order valence-corrected chi connectivity index (χ0v) is 62.9. The third-order valence-electron chi connectivity index (χ3n) is 7.04. The number of benzene rings is 4. The number of carboxylic acid groups (broad SMARTS) is 2. The number of aliphatic hydroxyl groups is 3. The van der Waals surface area contributed by atoms with Crippen molar-refractivity contribution in [3.63, 3.8) is 0 Å². The molecule has 0 saturated carbocycles. The molecule has 0 heterocycles. The van der Waals surface area contributed by atoms with Crippen LogP contribution in [0.5, 0.6) is 46.0 Å². The fourth-order valence-electron chi connectivity index (χ4n) is 4.35. The molecular formula is C45H61F6KN4O23PZn4-. The average Bonchev–Trinajstić information content (AvgIpc) is 3.36. The molecule has 0 unspecified atom stereocenters. The molecule has 0 bridgehead atoms. The van der Waals surface area contributed by atoms with Gasteiger partial charge in [0.15, 0.2) is 26.4 Å². The van der Waals surface area contributed by atoms with E-state index in [2.05, 4.69) is 20.6 Å². The SMILES string of the molecule is CC(=O)[O-].CC(=O)[O-].CO.CO.CO.COc1cccc(/C=N/OCCO/N=C/c2cccc(OCCOCCOc3cccc(/C=N/OCCO/N=C/c4cccc(OC)c4[O-])c3[O-])c2[O-])c1[O-].F[P-](F)(F)(F)(F)F.[K+].[OH-].[OH-].[OH3+].[Zn+2].[Zn+2].[Zn+2].[Zn]. The Hall–Kier alpha value is -4.04. The molecule has 0 spiro atoms. The number of hydrogen-bond donors (Lipinski definition) is 3. The fourth-order valence-corrected chi connectivity index (χ4v) is 4.35. The molecule has 4 aromatic carbocycles. The van der Waals surface area contributed by atoms with Crippen LogP contribution >= 0.6 is 7.81 Å². The number of halogens is 6. The van der Waals surface area contributed by atoms with E-state index in [-0.39, 0.29) is 256 Å². The number of methoxy groups -OCH3 is 2. The van der Waals surface area contributed by atoms with Gasteiger partial charge in [-0.05, 0) is 60.4 Å². The maximum Gasteiger partial charge on any atom is 2.00 e. The third-order valence-corrected chi connectivity index (χ3v) is 7.04. The quantitative estimate of drug-likeness (QED) is 0.0126. The molecule has 39 heteroatoms. The zero-order valence-electron chi connectivity index (χ0n) is 47.0. The van der Waals surface area contributed by atoms with Gasteiger partial charge in [-0.1, -0.05) is 92.2 Å². The molecule has 0 aliphatic carbocycles. The largest absolute Gasteiger partial charge is 2.00 e. The van der Waals surface area contributed by atoms with Crippen molar-refractivity contribution < 1.29 is 269 Å². The molecule has 8 N–H and O–H groups in total. The first-order chi connectivity index (χ1) is 35.8. The number of carboxylic acids is 2. The van der Waals surface area contributed by atoms with E-state index < -0.39 is 19.7 Å². The smallest absolute Gasteiger partial charge is 0.870 e. The van der Waals surface area contributed by atoms with Gasteiger partial charge in [0.1, 0.15) is 36.2 Å². The fraction of sp³-hybridized carbons (Fsp3) is 0.333. The van der Waals surface area contributed by atoms with Gasteiger partial charge in [0.2, 0.25) is 0 Å². The second-order valence-electron chi connectivity index (χ2n) is 12.6. The summed E-state index contributed by atoms with van der Waals surface area (Å²) in [4.78, 5) is 38.1. The first-order valence-corrected chi connectivity index (χ1v) is 22.9. The summed E-state index contributed by atoms with van der Waals surface area (Å²) >= 11 is 0. The van der Waals surface area contributed by atoms with E-state index in [1.54, 1.807) is 60.7 Å². The normalized spacial score (nSPS) is 10.2. The molecule has 4 aromatic rings. The predicted molar refractivity (Wildman–Crippen MR) is 261 cm³/mol. The standard InChI is InChI=1S/C38H42N4O13.2C2H4O2.3CH4O.F6P.K.3H2O.4Zn/c1-47-31-11-3-7-27(35(31)43)23-39-52-19-21-54-41-25-29-9-5-13-33(37(29)45)50-17-15-49-16-18-51-34-14-6-10-30(38(34)46)26-42-55-22-20-53-40-24-28-8-4-12-32(48-2)36(28)44;2*1-2(3)4;3*1-2;1-7(2,3,4,5)6;;;;;;;;/h3-14,23-26,43-46H,15-22H2,1-2H3;2*1H3,(H,3,4);3*2H,1H3;;;3*1H2;;;;/q;;;;;;-1;+1;;;;;3*+2/p-7/b39-23+,40-24+,41-25+,42-26+;;;;;;;;;;;;;;. The van der Waals surface area contributed by atoms with Gasteiger partial charge in [-0.3, -0.25) is 0 Å². The molecule has 0 radical (unpaired) electrons. The minimum Gasteiger partial charge on any atom is -0.870 e. The molecule has 27 nitrogen and oxygen atoms in total. The molecule has 0 amide bonds. The van der Waals surface area contributed by atoms with Gasteiger partial charge >= 0.3 is 143 Å². The van der Waals surface area contributed by atoms with E-state index in [9.17, 15) is 45.6 Å². The van der Waals surface area contributed by atoms with Crippen LogP contribution in [0, 0.1) is 0 Å². The van der Waals surface area contributed by atoms with Crippen LogP contribution in [-0.4, -0.2) is 151 Å². The number of nitrogens with zero attached hydrogens (tertiary/aromatic N) is 4. The maximum atomic E-state index is 12.7. The minimum atomic E-state index is -10.7. The van der Waals surface area contributed by atoms with Crippen LogP contribution in [0.3, 0.4) is 0 Å². The molecular weight excluding hydrogens is 1410 g/mol. The van der Waals surface area contributed by atoms with Crippen LogP contribution in [0.25, 0.3) is 0 Å². The van der Waals surface area contributed by atoms with Gasteiger partial charge in [-0.2, -0.15) is 0 Å². The molecule has 4 rings (SSSR count). The summed E-state index contributed by atoms with van der Waals surface area (Å²) < 4.78 is 85.8. The van der Waals surface area contributed by atoms with Crippen molar-refractivity contribution >= 4 is 44.6 Å². The first kappa shape index (κ1) is 105. The Balaban J connectivity index is -0.000000178. The number of hydrogen-bond acceptors (Lipinski definition) is 26. The number of aliphatic carboxylic acids is 2. The topological polar surface area (TPSA) is 459 Å². The Morgan fingerprint density at radius 3 is 0.857 bits per heavy atom. The van der Waals surface area contributed by atoms with Crippen LogP contribution in [0.4, 0.5) is 25.2 Å². The molecule has 0 aliphatic rings. The summed E-state index contributed by atoms with van der Waals surface area (Å²) in [7, 11) is -4.84. The van der Waals surface area contributed by atoms with Crippen molar-refractivity contribution in [2.75, 3.05) is 88.4 Å². The van der Waals surface area contributed by atoms with Crippen molar-refractivity contribution in [1.29, 1.82) is 0 Å². The van der Waals surface area contributed by atoms with Crippen LogP contribution in [0.15, 0.2) is 93.4 Å². The summed E-state index contributed by atoms with van der Waals surface area (Å²) in [6.45, 7) is 2.63. The van der Waals surface area contributed by atoms with Gasteiger partial charge in [0.05, 0.1) is 52.3 Å². The summed E-state index contributed by atoms with van der Waals surface area (Å²) in [5.41, 5.74) is 1.13. The van der Waals surface area contributed by atoms with Crippen molar-refractivity contribution in [3.8, 4) is 46.0 Å². The van der Waals surface area contributed by atoms with E-state index in [1.165, 1.54) is 51.2 Å². The van der Waals surface area contributed by atoms with E-state index in [0.29, 0.717) is 11.1 Å². The molecule has 84 heavy (non-hydrogen) atoms. The van der Waals surface area contributed by atoms with Crippen molar-refractivity contribution in [3.05, 3.63) is 95.1 Å². The van der Waals surface area contributed by atoms with Gasteiger partial charge < -0.3 is 115 Å². The summed E-state index contributed by atoms with van der Waals surface area (Å²) in [5, 5.41) is 103. The number of ether oxygens (including phenoxy) is 5. The summed E-state index contributed by atoms with van der Waals surface area (Å²) in [5.74, 6) is -2.91. The third kappa shape index (κ3) is 59.7. The van der Waals surface area contributed by atoms with Crippen LogP contribution in [0.1, 0.15) is 36.1 Å². The predicted octanol–water partition coefficient (Wildman–Crippen LogP) is -2.29. The van der Waals surface area contributed by atoms with Crippen molar-refractivity contribution in [1.82, 2.24) is 0 Å². The Morgan fingerprint density at radius 1 is 0.464 bits per heavy atom. The molecule has 0 atom stereocenters. The second kappa shape index (κ2) is 59.3. The van der Waals surface area contributed by atoms with E-state index in [1.807, 2.05) is 0 Å². The average molecular weight is 1470 g/mol. The molecule has 456 valence electrons. The van der Waals surface area contributed by atoms with Gasteiger partial charge in [0, 0.05) is 52.7 Å². The van der Waals surface area contributed by atoms with Crippen molar-refractivity contribution in [2.45, 2.75) is 13.8 Å². The minimum absolute atomic E-state index is 0. The van der Waals surface area contributed by atoms with Gasteiger partial charge in [0.25, 0.3) is 0 Å². The molecule has 0 aromatic heterocycles. The molecule has 0 aliphatic heterocycles. The number of oxime groups is 4. The Kier molecular flexibility index (Phi) is 74.0. The number of rotatable bonds is 24. The van der Waals surface area contributed by atoms with E-state index >= 15 is 0 Å². The second-order valence-corrected chi connectivity index (χ2v) is 14.5. The number of aliphatic hydroxyl groups excluding tert-OH is 3. The Morgan fingerprint density at radius 2 is 0.655 bits per heavy atom. The summed E-state index contributed by atoms with van der Waals surface area (Å²) in [6, 6.07) is 19.1. The van der Waals surface area contributed by atoms with Crippen LogP contribution < -0.4 is 101 Å². The monoisotopic (exact) mass is 1470 g/mol. The van der Waals surface area contributed by atoms with Crippen LogP contribution in [0.2, 0.25) is 0 Å². The molecule has 0 saturated heterocycles.